The summed E-state index contributed by atoms with van der Waals surface area (Å²) < 4.78 is 4.60. The lowest BCUT2D eigenvalue weighted by Crippen LogP contribution is -2.36. The van der Waals surface area contributed by atoms with Crippen LogP contribution in [0.4, 0.5) is 0 Å². The van der Waals surface area contributed by atoms with Crippen LogP contribution in [0, 0.1) is 0 Å². The van der Waals surface area contributed by atoms with E-state index in [0.717, 1.165) is 31.6 Å². The highest BCUT2D eigenvalue weighted by Gasteiger charge is 2.16. The number of likely N-dealkylation sites (tertiary alicyclic amines) is 1. The summed E-state index contributed by atoms with van der Waals surface area (Å²) in [5.74, 6) is -0.269. The van der Waals surface area contributed by atoms with Crippen LogP contribution >= 0.6 is 0 Å². The molecule has 1 aliphatic rings. The predicted molar refractivity (Wildman–Crippen MR) is 73.1 cm³/mol. The second-order valence-corrected chi connectivity index (χ2v) is 4.72. The third-order valence-electron chi connectivity index (χ3n) is 3.29. The summed E-state index contributed by atoms with van der Waals surface area (Å²) >= 11 is 0. The van der Waals surface area contributed by atoms with Crippen molar-refractivity contribution in [1.29, 1.82) is 0 Å². The molecule has 6 nitrogen and oxygen atoms in total. The summed E-state index contributed by atoms with van der Waals surface area (Å²) in [4.78, 5) is 29.1. The van der Waals surface area contributed by atoms with E-state index < -0.39 is 5.97 Å². The van der Waals surface area contributed by atoms with Crippen LogP contribution in [0.3, 0.4) is 0 Å². The van der Waals surface area contributed by atoms with Gasteiger partial charge in [-0.3, -0.25) is 9.78 Å². The van der Waals surface area contributed by atoms with Crippen molar-refractivity contribution in [1.82, 2.24) is 15.2 Å². The van der Waals surface area contributed by atoms with Gasteiger partial charge in [-0.15, -0.1) is 0 Å². The second-order valence-electron chi connectivity index (χ2n) is 4.72. The normalized spacial score (nSPS) is 14.3. The maximum absolute atomic E-state index is 11.8. The maximum Gasteiger partial charge on any atom is 0.339 e. The zero-order valence-corrected chi connectivity index (χ0v) is 11.6. The van der Waals surface area contributed by atoms with Gasteiger partial charge < -0.3 is 15.0 Å². The van der Waals surface area contributed by atoms with Crippen LogP contribution in [0.1, 0.15) is 28.9 Å². The van der Waals surface area contributed by atoms with Gasteiger partial charge in [-0.1, -0.05) is 0 Å². The fourth-order valence-corrected chi connectivity index (χ4v) is 2.14. The first-order valence-electron chi connectivity index (χ1n) is 6.72. The van der Waals surface area contributed by atoms with Gasteiger partial charge in [0.2, 0.25) is 5.91 Å². The molecule has 0 unspecified atom stereocenters. The molecule has 1 aliphatic heterocycles. The second kappa shape index (κ2) is 7.00. The Balaban J connectivity index is 1.76. The number of nitrogens with zero attached hydrogens (tertiary/aromatic N) is 2. The number of pyridine rings is 1. The van der Waals surface area contributed by atoms with Crippen LogP contribution in [0.25, 0.3) is 0 Å². The quantitative estimate of drug-likeness (QED) is 0.797. The van der Waals surface area contributed by atoms with Crippen molar-refractivity contribution in [2.45, 2.75) is 19.4 Å². The third kappa shape index (κ3) is 3.77. The topological polar surface area (TPSA) is 71.5 Å². The van der Waals surface area contributed by atoms with Crippen molar-refractivity contribution in [3.05, 3.63) is 29.6 Å². The highest BCUT2D eigenvalue weighted by molar-refractivity contribution is 5.88. The van der Waals surface area contributed by atoms with Gasteiger partial charge in [-0.2, -0.15) is 0 Å². The fourth-order valence-electron chi connectivity index (χ4n) is 2.14. The van der Waals surface area contributed by atoms with Crippen LogP contribution in [0.2, 0.25) is 0 Å². The van der Waals surface area contributed by atoms with E-state index >= 15 is 0 Å². The smallest absolute Gasteiger partial charge is 0.339 e. The number of esters is 1. The molecule has 2 rings (SSSR count). The van der Waals surface area contributed by atoms with Gasteiger partial charge in [-0.25, -0.2) is 4.79 Å². The number of carbonyl (C=O) groups is 2. The third-order valence-corrected chi connectivity index (χ3v) is 3.29. The number of nitrogens with one attached hydrogen (secondary N) is 1. The molecule has 1 aromatic heterocycles. The van der Waals surface area contributed by atoms with E-state index in [-0.39, 0.29) is 5.91 Å². The first kappa shape index (κ1) is 14.5. The molecule has 1 saturated heterocycles. The van der Waals surface area contributed by atoms with Crippen LogP contribution < -0.4 is 5.32 Å². The summed E-state index contributed by atoms with van der Waals surface area (Å²) in [7, 11) is 1.34. The van der Waals surface area contributed by atoms with Gasteiger partial charge in [0.05, 0.1) is 24.9 Å². The standard InChI is InChI=1S/C14H19N3O3/c1-20-14(19)11-4-5-12(16-8-11)9-15-10-13(18)17-6-2-3-7-17/h4-5,8,15H,2-3,6-7,9-10H2,1H3. The molecule has 0 aliphatic carbocycles. The molecule has 2 heterocycles. The first-order valence-corrected chi connectivity index (χ1v) is 6.72. The number of amides is 1. The van der Waals surface area contributed by atoms with Crippen molar-refractivity contribution in [3.8, 4) is 0 Å². The van der Waals surface area contributed by atoms with E-state index in [1.807, 2.05) is 4.90 Å². The predicted octanol–water partition coefficient (Wildman–Crippen LogP) is 0.580. The lowest BCUT2D eigenvalue weighted by Gasteiger charge is -2.15. The molecule has 1 aromatic rings. The number of methoxy groups -OCH3 is 1. The highest BCUT2D eigenvalue weighted by Crippen LogP contribution is 2.07. The van der Waals surface area contributed by atoms with Crippen LogP contribution in [0.15, 0.2) is 18.3 Å². The van der Waals surface area contributed by atoms with Gasteiger partial charge in [0, 0.05) is 25.8 Å². The summed E-state index contributed by atoms with van der Waals surface area (Å²) in [6.45, 7) is 2.56. The largest absolute Gasteiger partial charge is 0.465 e. The van der Waals surface area contributed by atoms with Crippen LogP contribution in [-0.4, -0.2) is 48.5 Å². The van der Waals surface area contributed by atoms with Crippen molar-refractivity contribution in [3.63, 3.8) is 0 Å². The Morgan fingerprint density at radius 1 is 1.35 bits per heavy atom. The van der Waals surface area contributed by atoms with Gasteiger partial charge in [-0.05, 0) is 25.0 Å². The monoisotopic (exact) mass is 277 g/mol. The minimum atomic E-state index is -0.402. The van der Waals surface area contributed by atoms with Crippen LogP contribution in [0.5, 0.6) is 0 Å². The number of hydrogen-bond acceptors (Lipinski definition) is 5. The maximum atomic E-state index is 11.8. The lowest BCUT2D eigenvalue weighted by atomic mass is 10.2. The Morgan fingerprint density at radius 2 is 2.10 bits per heavy atom. The molecule has 108 valence electrons. The molecule has 0 saturated carbocycles. The first-order chi connectivity index (χ1) is 9.70. The summed E-state index contributed by atoms with van der Waals surface area (Å²) in [5.41, 5.74) is 1.20. The van der Waals surface area contributed by atoms with E-state index in [1.54, 1.807) is 12.1 Å². The summed E-state index contributed by atoms with van der Waals surface area (Å²) in [6.07, 6.45) is 3.68. The van der Waals surface area contributed by atoms with Crippen molar-refractivity contribution >= 4 is 11.9 Å². The Hall–Kier alpha value is -1.95. The molecule has 0 spiro atoms. The van der Waals surface area contributed by atoms with Crippen molar-refractivity contribution in [2.75, 3.05) is 26.7 Å². The zero-order chi connectivity index (χ0) is 14.4. The number of carbonyl (C=O) groups excluding carboxylic acids is 2. The van der Waals surface area contributed by atoms with E-state index in [9.17, 15) is 9.59 Å². The minimum Gasteiger partial charge on any atom is -0.465 e. The van der Waals surface area contributed by atoms with E-state index in [1.165, 1.54) is 13.3 Å². The number of hydrogen-bond donors (Lipinski definition) is 1. The Labute approximate surface area is 118 Å². The average Bonchev–Trinajstić information content (AvgIpc) is 3.01. The van der Waals surface area contributed by atoms with E-state index in [2.05, 4.69) is 15.0 Å². The zero-order valence-electron chi connectivity index (χ0n) is 11.6. The molecule has 0 bridgehead atoms. The Bertz CT molecular complexity index is 467. The average molecular weight is 277 g/mol. The minimum absolute atomic E-state index is 0.133. The summed E-state index contributed by atoms with van der Waals surface area (Å²) in [6, 6.07) is 3.41. The molecule has 1 N–H and O–H groups in total. The number of ether oxygens (including phenoxy) is 1. The SMILES string of the molecule is COC(=O)c1ccc(CNCC(=O)N2CCCC2)nc1. The van der Waals surface area contributed by atoms with Gasteiger partial charge in [0.15, 0.2) is 0 Å². The van der Waals surface area contributed by atoms with Gasteiger partial charge in [0.1, 0.15) is 0 Å². The molecular weight excluding hydrogens is 258 g/mol. The number of rotatable bonds is 5. The fraction of sp³-hybridized carbons (Fsp3) is 0.500. The van der Waals surface area contributed by atoms with Gasteiger partial charge >= 0.3 is 5.97 Å². The molecule has 20 heavy (non-hydrogen) atoms. The van der Waals surface area contributed by atoms with Crippen LogP contribution in [-0.2, 0) is 16.1 Å². The molecule has 0 radical (unpaired) electrons. The van der Waals surface area contributed by atoms with Crippen molar-refractivity contribution < 1.29 is 14.3 Å². The lowest BCUT2D eigenvalue weighted by molar-refractivity contribution is -0.129. The number of aromatic nitrogens is 1. The molecule has 0 aromatic carbocycles. The van der Waals surface area contributed by atoms with Gasteiger partial charge in [0.25, 0.3) is 0 Å². The molecule has 1 fully saturated rings. The Kier molecular flexibility index (Phi) is 5.06. The van der Waals surface area contributed by atoms with E-state index in [0.29, 0.717) is 18.7 Å². The molecule has 0 atom stereocenters. The van der Waals surface area contributed by atoms with Crippen molar-refractivity contribution in [2.24, 2.45) is 0 Å². The van der Waals surface area contributed by atoms with E-state index in [4.69, 9.17) is 0 Å². The molecule has 6 heteroatoms. The molecular formula is C14H19N3O3. The Morgan fingerprint density at radius 3 is 2.70 bits per heavy atom. The molecule has 1 amide bonds. The highest BCUT2D eigenvalue weighted by atomic mass is 16.5. The summed E-state index contributed by atoms with van der Waals surface area (Å²) in [5, 5.41) is 3.07.